The highest BCUT2D eigenvalue weighted by Crippen LogP contribution is 2.40. The van der Waals surface area contributed by atoms with Crippen molar-refractivity contribution in [3.05, 3.63) is 125 Å². The second kappa shape index (κ2) is 17.2. The fourth-order valence-electron chi connectivity index (χ4n) is 5.77. The SMILES string of the molecule is O=C(O)CCCCC(=O)NCc1cccc(-c2cccc([C@@H]3O[C@H](CSc4nnnn4-c4ccccc4)C[C@H](c4ccc(CO)cc4)O3)c2)c1. The number of aliphatic hydroxyl groups excluding tert-OH is 1. The molecule has 0 bridgehead atoms. The van der Waals surface area contributed by atoms with Crippen molar-refractivity contribution in [2.75, 3.05) is 5.75 Å². The minimum atomic E-state index is -0.848. The predicted octanol–water partition coefficient (Wildman–Crippen LogP) is 6.42. The van der Waals surface area contributed by atoms with Gasteiger partial charge in [0.2, 0.25) is 11.1 Å². The van der Waals surface area contributed by atoms with Crippen LogP contribution in [0, 0.1) is 0 Å². The fraction of sp³-hybridized carbons (Fsp3) is 0.289. The van der Waals surface area contributed by atoms with E-state index in [-0.39, 0.29) is 31.1 Å². The Morgan fingerprint density at radius 1 is 0.840 bits per heavy atom. The van der Waals surface area contributed by atoms with Crippen LogP contribution in [0.25, 0.3) is 16.8 Å². The first kappa shape index (κ1) is 35.0. The molecule has 3 atom stereocenters. The van der Waals surface area contributed by atoms with Gasteiger partial charge >= 0.3 is 5.97 Å². The van der Waals surface area contributed by atoms with E-state index in [0.717, 1.165) is 39.1 Å². The molecule has 1 amide bonds. The molecule has 0 unspecified atom stereocenters. The van der Waals surface area contributed by atoms with Gasteiger partial charge in [0, 0.05) is 37.1 Å². The maximum atomic E-state index is 12.3. The normalized spacial score (nSPS) is 17.3. The summed E-state index contributed by atoms with van der Waals surface area (Å²) in [6, 6.07) is 33.7. The van der Waals surface area contributed by atoms with Gasteiger partial charge in [0.25, 0.3) is 0 Å². The number of carboxylic acid groups (broad SMARTS) is 1. The maximum Gasteiger partial charge on any atom is 0.303 e. The lowest BCUT2D eigenvalue weighted by Gasteiger charge is -2.36. The third kappa shape index (κ3) is 9.42. The average Bonchev–Trinajstić information content (AvgIpc) is 3.64. The molecular formula is C38H39N5O6S. The zero-order chi connectivity index (χ0) is 34.7. The molecule has 1 saturated heterocycles. The lowest BCUT2D eigenvalue weighted by Crippen LogP contribution is -2.31. The Balaban J connectivity index is 1.16. The summed E-state index contributed by atoms with van der Waals surface area (Å²) >= 11 is 1.53. The molecule has 0 spiro atoms. The highest BCUT2D eigenvalue weighted by molar-refractivity contribution is 7.99. The topological polar surface area (TPSA) is 149 Å². The molecule has 12 heteroatoms. The van der Waals surface area contributed by atoms with Crippen LogP contribution < -0.4 is 5.32 Å². The van der Waals surface area contributed by atoms with Crippen molar-refractivity contribution in [3.63, 3.8) is 0 Å². The summed E-state index contributed by atoms with van der Waals surface area (Å²) in [4.78, 5) is 23.0. The number of nitrogens with one attached hydrogen (secondary N) is 1. The molecule has 0 saturated carbocycles. The molecular weight excluding hydrogens is 655 g/mol. The second-order valence-electron chi connectivity index (χ2n) is 12.1. The number of nitrogens with zero attached hydrogens (tertiary/aromatic N) is 4. The van der Waals surface area contributed by atoms with Gasteiger partial charge in [-0.3, -0.25) is 9.59 Å². The van der Waals surface area contributed by atoms with Crippen molar-refractivity contribution < 1.29 is 29.3 Å². The van der Waals surface area contributed by atoms with Gasteiger partial charge in [-0.05, 0) is 75.4 Å². The first-order valence-corrected chi connectivity index (χ1v) is 17.6. The highest BCUT2D eigenvalue weighted by Gasteiger charge is 2.33. The van der Waals surface area contributed by atoms with E-state index in [2.05, 4.69) is 26.9 Å². The first-order chi connectivity index (χ1) is 24.4. The van der Waals surface area contributed by atoms with Gasteiger partial charge in [0.1, 0.15) is 0 Å². The van der Waals surface area contributed by atoms with E-state index in [9.17, 15) is 14.7 Å². The zero-order valence-corrected chi connectivity index (χ0v) is 28.2. The van der Waals surface area contributed by atoms with Crippen LogP contribution >= 0.6 is 11.8 Å². The molecule has 6 rings (SSSR count). The molecule has 11 nitrogen and oxygen atoms in total. The second-order valence-corrected chi connectivity index (χ2v) is 13.1. The van der Waals surface area contributed by atoms with Crippen LogP contribution in [-0.2, 0) is 32.2 Å². The first-order valence-electron chi connectivity index (χ1n) is 16.6. The smallest absolute Gasteiger partial charge is 0.303 e. The predicted molar refractivity (Wildman–Crippen MR) is 188 cm³/mol. The number of para-hydroxylation sites is 1. The van der Waals surface area contributed by atoms with Gasteiger partial charge in [-0.15, -0.1) is 5.10 Å². The lowest BCUT2D eigenvalue weighted by atomic mass is 9.99. The minimum Gasteiger partial charge on any atom is -0.481 e. The largest absolute Gasteiger partial charge is 0.481 e. The Morgan fingerprint density at radius 3 is 2.38 bits per heavy atom. The van der Waals surface area contributed by atoms with Crippen LogP contribution in [0.4, 0.5) is 0 Å². The number of aromatic nitrogens is 4. The number of aliphatic carboxylic acids is 1. The number of unbranched alkanes of at least 4 members (excludes halogenated alkanes) is 1. The number of rotatable bonds is 15. The van der Waals surface area contributed by atoms with Crippen molar-refractivity contribution in [2.24, 2.45) is 0 Å². The fourth-order valence-corrected chi connectivity index (χ4v) is 6.67. The third-order valence-corrected chi connectivity index (χ3v) is 9.46. The summed E-state index contributed by atoms with van der Waals surface area (Å²) in [5.74, 6) is -0.344. The number of carbonyl (C=O) groups is 2. The van der Waals surface area contributed by atoms with Gasteiger partial charge in [0.05, 0.1) is 24.5 Å². The van der Waals surface area contributed by atoms with Gasteiger partial charge < -0.3 is 25.0 Å². The van der Waals surface area contributed by atoms with Crippen molar-refractivity contribution in [2.45, 2.75) is 68.9 Å². The Morgan fingerprint density at radius 2 is 1.60 bits per heavy atom. The highest BCUT2D eigenvalue weighted by atomic mass is 32.2. The van der Waals surface area contributed by atoms with Gasteiger partial charge in [-0.2, -0.15) is 4.68 Å². The number of carboxylic acids is 1. The van der Waals surface area contributed by atoms with E-state index in [0.29, 0.717) is 43.1 Å². The summed E-state index contributed by atoms with van der Waals surface area (Å²) in [5, 5.41) is 34.3. The average molecular weight is 694 g/mol. The van der Waals surface area contributed by atoms with Crippen LogP contribution in [0.5, 0.6) is 0 Å². The number of hydrogen-bond donors (Lipinski definition) is 3. The van der Waals surface area contributed by atoms with E-state index in [4.69, 9.17) is 14.6 Å². The van der Waals surface area contributed by atoms with E-state index in [1.807, 2.05) is 97.1 Å². The standard InChI is InChI=1S/C38H39N5O6S/c44-24-26-16-18-28(19-17-26)34-22-33(25-50-38-40-41-42-43(38)32-12-2-1-3-13-32)48-37(49-34)31-11-7-10-30(21-31)29-9-6-8-27(20-29)23-39-35(45)14-4-5-15-36(46)47/h1-3,6-13,16-21,33-34,37,44H,4-5,14-15,22-25H2,(H,39,45)(H,46,47)/t33-,34+,37+/m0/s1. The maximum absolute atomic E-state index is 12.3. The van der Waals surface area contributed by atoms with Crippen LogP contribution in [0.2, 0.25) is 0 Å². The molecule has 4 aromatic carbocycles. The number of carbonyl (C=O) groups excluding carboxylic acids is 1. The quantitative estimate of drug-likeness (QED) is 0.0829. The molecule has 258 valence electrons. The van der Waals surface area contributed by atoms with E-state index >= 15 is 0 Å². The molecule has 3 N–H and O–H groups in total. The van der Waals surface area contributed by atoms with Crippen molar-refractivity contribution in [1.29, 1.82) is 0 Å². The molecule has 5 aromatic rings. The van der Waals surface area contributed by atoms with Gasteiger partial charge in [-0.25, -0.2) is 0 Å². The molecule has 1 aliphatic heterocycles. The number of hydrogen-bond acceptors (Lipinski definition) is 9. The Kier molecular flexibility index (Phi) is 12.0. The van der Waals surface area contributed by atoms with Crippen molar-refractivity contribution in [3.8, 4) is 16.8 Å². The summed E-state index contributed by atoms with van der Waals surface area (Å²) < 4.78 is 14.9. The number of ether oxygens (including phenoxy) is 2. The number of benzene rings is 4. The van der Waals surface area contributed by atoms with Crippen LogP contribution in [-0.4, -0.2) is 54.2 Å². The van der Waals surface area contributed by atoms with Crippen LogP contribution in [0.3, 0.4) is 0 Å². The Bertz CT molecular complexity index is 1870. The summed E-state index contributed by atoms with van der Waals surface area (Å²) in [6.45, 7) is 0.353. The Hall–Kier alpha value is -4.88. The summed E-state index contributed by atoms with van der Waals surface area (Å²) in [7, 11) is 0. The van der Waals surface area contributed by atoms with E-state index in [1.165, 1.54) is 11.8 Å². The molecule has 0 radical (unpaired) electrons. The molecule has 2 heterocycles. The molecule has 1 aromatic heterocycles. The molecule has 1 fully saturated rings. The zero-order valence-electron chi connectivity index (χ0n) is 27.4. The van der Waals surface area contributed by atoms with E-state index < -0.39 is 12.3 Å². The monoisotopic (exact) mass is 693 g/mol. The number of thioether (sulfide) groups is 1. The van der Waals surface area contributed by atoms with Crippen LogP contribution in [0.15, 0.2) is 108 Å². The molecule has 50 heavy (non-hydrogen) atoms. The number of amides is 1. The van der Waals surface area contributed by atoms with E-state index in [1.54, 1.807) is 4.68 Å². The number of tetrazole rings is 1. The van der Waals surface area contributed by atoms with Crippen molar-refractivity contribution in [1.82, 2.24) is 25.5 Å². The third-order valence-electron chi connectivity index (χ3n) is 8.41. The van der Waals surface area contributed by atoms with Crippen LogP contribution in [0.1, 0.15) is 66.8 Å². The van der Waals surface area contributed by atoms with Gasteiger partial charge in [-0.1, -0.05) is 90.6 Å². The minimum absolute atomic E-state index is 0.0259. The lowest BCUT2D eigenvalue weighted by molar-refractivity contribution is -0.245. The van der Waals surface area contributed by atoms with Crippen molar-refractivity contribution >= 4 is 23.6 Å². The van der Waals surface area contributed by atoms with Gasteiger partial charge in [0.15, 0.2) is 6.29 Å². The summed E-state index contributed by atoms with van der Waals surface area (Å²) in [6.07, 6.45) is 0.962. The Labute approximate surface area is 294 Å². The molecule has 0 aliphatic carbocycles. The summed E-state index contributed by atoms with van der Waals surface area (Å²) in [5.41, 5.74) is 6.53. The molecule has 1 aliphatic rings. The number of aliphatic hydroxyl groups is 1.